The van der Waals surface area contributed by atoms with Gasteiger partial charge in [0.05, 0.1) is 0 Å². The number of carbonyl (C=O) groups is 2. The van der Waals surface area contributed by atoms with Gasteiger partial charge < -0.3 is 10.2 Å². The third-order valence-corrected chi connectivity index (χ3v) is 5.50. The van der Waals surface area contributed by atoms with E-state index in [1.807, 2.05) is 54.6 Å². The van der Waals surface area contributed by atoms with Crippen LogP contribution in [0.5, 0.6) is 0 Å². The Morgan fingerprint density at radius 1 is 0.800 bits per heavy atom. The lowest BCUT2D eigenvalue weighted by Gasteiger charge is -2.31. The molecule has 2 amide bonds. The van der Waals surface area contributed by atoms with Crippen LogP contribution < -0.4 is 5.32 Å². The summed E-state index contributed by atoms with van der Waals surface area (Å²) < 4.78 is 13.0. The summed E-state index contributed by atoms with van der Waals surface area (Å²) in [5.41, 5.74) is 3.43. The lowest BCUT2D eigenvalue weighted by molar-refractivity contribution is -0.121. The van der Waals surface area contributed by atoms with Crippen molar-refractivity contribution < 1.29 is 14.0 Å². The van der Waals surface area contributed by atoms with Gasteiger partial charge in [-0.25, -0.2) is 4.39 Å². The van der Waals surface area contributed by atoms with E-state index in [-0.39, 0.29) is 23.5 Å². The average molecular weight is 402 g/mol. The number of hydrogen-bond acceptors (Lipinski definition) is 2. The van der Waals surface area contributed by atoms with Crippen molar-refractivity contribution >= 4 is 17.5 Å². The topological polar surface area (TPSA) is 49.4 Å². The Labute approximate surface area is 175 Å². The number of benzene rings is 3. The van der Waals surface area contributed by atoms with E-state index < -0.39 is 0 Å². The van der Waals surface area contributed by atoms with Crippen molar-refractivity contribution in [3.8, 4) is 11.1 Å². The van der Waals surface area contributed by atoms with Crippen LogP contribution >= 0.6 is 0 Å². The van der Waals surface area contributed by atoms with Crippen molar-refractivity contribution in [3.05, 3.63) is 90.2 Å². The van der Waals surface area contributed by atoms with Crippen LogP contribution in [0.1, 0.15) is 23.2 Å². The number of halogens is 1. The first-order chi connectivity index (χ1) is 14.6. The van der Waals surface area contributed by atoms with Crippen molar-refractivity contribution in [1.29, 1.82) is 0 Å². The van der Waals surface area contributed by atoms with Crippen LogP contribution in [0.25, 0.3) is 11.1 Å². The molecule has 5 heteroatoms. The van der Waals surface area contributed by atoms with Gasteiger partial charge in [0.15, 0.2) is 0 Å². The number of nitrogens with zero attached hydrogens (tertiary/aromatic N) is 1. The molecule has 3 aromatic carbocycles. The molecular weight excluding hydrogens is 379 g/mol. The molecule has 1 aliphatic heterocycles. The smallest absolute Gasteiger partial charge is 0.253 e. The van der Waals surface area contributed by atoms with Crippen LogP contribution in [0.4, 0.5) is 10.1 Å². The number of amides is 2. The van der Waals surface area contributed by atoms with Gasteiger partial charge in [-0.15, -0.1) is 0 Å². The molecule has 152 valence electrons. The molecule has 0 unspecified atom stereocenters. The molecule has 0 aliphatic carbocycles. The monoisotopic (exact) mass is 402 g/mol. The van der Waals surface area contributed by atoms with Crippen LogP contribution in [0, 0.1) is 11.7 Å². The highest BCUT2D eigenvalue weighted by molar-refractivity contribution is 5.95. The Hall–Kier alpha value is -3.47. The van der Waals surface area contributed by atoms with Crippen molar-refractivity contribution in [2.75, 3.05) is 18.4 Å². The summed E-state index contributed by atoms with van der Waals surface area (Å²) in [6, 6.07) is 23.4. The fourth-order valence-electron chi connectivity index (χ4n) is 3.74. The minimum atomic E-state index is -0.336. The van der Waals surface area contributed by atoms with E-state index in [4.69, 9.17) is 0 Å². The quantitative estimate of drug-likeness (QED) is 0.669. The molecule has 1 aliphatic rings. The van der Waals surface area contributed by atoms with Gasteiger partial charge in [-0.1, -0.05) is 42.5 Å². The molecule has 1 saturated heterocycles. The molecule has 0 saturated carbocycles. The number of piperidine rings is 1. The Balaban J connectivity index is 1.32. The molecule has 0 bridgehead atoms. The highest BCUT2D eigenvalue weighted by Crippen LogP contribution is 2.23. The minimum Gasteiger partial charge on any atom is -0.339 e. The zero-order valence-electron chi connectivity index (χ0n) is 16.6. The molecule has 0 atom stereocenters. The second-order valence-corrected chi connectivity index (χ2v) is 7.51. The Kier molecular flexibility index (Phi) is 5.89. The Morgan fingerprint density at radius 2 is 1.40 bits per heavy atom. The summed E-state index contributed by atoms with van der Waals surface area (Å²) in [7, 11) is 0. The molecule has 0 aromatic heterocycles. The molecule has 0 spiro atoms. The minimum absolute atomic E-state index is 0.00740. The third kappa shape index (κ3) is 4.57. The summed E-state index contributed by atoms with van der Waals surface area (Å²) in [4.78, 5) is 27.1. The van der Waals surface area contributed by atoms with E-state index in [1.54, 1.807) is 17.0 Å². The van der Waals surface area contributed by atoms with Crippen molar-refractivity contribution in [1.82, 2.24) is 4.90 Å². The van der Waals surface area contributed by atoms with Crippen LogP contribution in [-0.4, -0.2) is 29.8 Å². The Morgan fingerprint density at radius 3 is 2.03 bits per heavy atom. The number of rotatable bonds is 4. The van der Waals surface area contributed by atoms with Crippen LogP contribution in [0.2, 0.25) is 0 Å². The van der Waals surface area contributed by atoms with Gasteiger partial charge in [-0.05, 0) is 60.4 Å². The number of carbonyl (C=O) groups excluding carboxylic acids is 2. The first-order valence-corrected chi connectivity index (χ1v) is 10.1. The van der Waals surface area contributed by atoms with E-state index in [1.165, 1.54) is 12.1 Å². The van der Waals surface area contributed by atoms with Gasteiger partial charge in [0.2, 0.25) is 5.91 Å². The van der Waals surface area contributed by atoms with Crippen molar-refractivity contribution in [2.24, 2.45) is 5.92 Å². The van der Waals surface area contributed by atoms with Crippen molar-refractivity contribution in [3.63, 3.8) is 0 Å². The summed E-state index contributed by atoms with van der Waals surface area (Å²) in [5, 5.41) is 2.83. The van der Waals surface area contributed by atoms with Gasteiger partial charge in [0, 0.05) is 30.3 Å². The summed E-state index contributed by atoms with van der Waals surface area (Å²) in [6.07, 6.45) is 1.22. The maximum Gasteiger partial charge on any atom is 0.253 e. The van der Waals surface area contributed by atoms with Crippen LogP contribution in [-0.2, 0) is 4.79 Å². The number of hydrogen-bond donors (Lipinski definition) is 1. The molecule has 3 aromatic rings. The van der Waals surface area contributed by atoms with Crippen molar-refractivity contribution in [2.45, 2.75) is 12.8 Å². The fraction of sp³-hybridized carbons (Fsp3) is 0.200. The summed E-state index contributed by atoms with van der Waals surface area (Å²) >= 11 is 0. The fourth-order valence-corrected chi connectivity index (χ4v) is 3.74. The second kappa shape index (κ2) is 8.91. The highest BCUT2D eigenvalue weighted by atomic mass is 19.1. The van der Waals surface area contributed by atoms with Crippen LogP contribution in [0.3, 0.4) is 0 Å². The molecule has 4 rings (SSSR count). The van der Waals surface area contributed by atoms with E-state index in [0.29, 0.717) is 37.2 Å². The zero-order chi connectivity index (χ0) is 20.9. The molecule has 0 radical (unpaired) electrons. The Bertz CT molecular complexity index is 1010. The predicted octanol–water partition coefficient (Wildman–Crippen LogP) is 4.98. The lowest BCUT2D eigenvalue weighted by Crippen LogP contribution is -2.41. The maximum absolute atomic E-state index is 13.0. The largest absolute Gasteiger partial charge is 0.339 e. The molecule has 1 N–H and O–H groups in total. The van der Waals surface area contributed by atoms with Gasteiger partial charge in [0.1, 0.15) is 5.82 Å². The van der Waals surface area contributed by atoms with E-state index >= 15 is 0 Å². The van der Waals surface area contributed by atoms with Gasteiger partial charge in [0.25, 0.3) is 5.91 Å². The predicted molar refractivity (Wildman–Crippen MR) is 116 cm³/mol. The third-order valence-electron chi connectivity index (χ3n) is 5.50. The molecule has 4 nitrogen and oxygen atoms in total. The number of anilines is 1. The molecule has 1 heterocycles. The van der Waals surface area contributed by atoms with E-state index in [9.17, 15) is 14.0 Å². The van der Waals surface area contributed by atoms with Gasteiger partial charge in [-0.3, -0.25) is 9.59 Å². The molecular formula is C25H23FN2O2. The van der Waals surface area contributed by atoms with Gasteiger partial charge >= 0.3 is 0 Å². The normalized spacial score (nSPS) is 14.4. The maximum atomic E-state index is 13.0. The standard InChI is InChI=1S/C25H23FN2O2/c26-22-10-12-23(13-11-22)27-24(29)20-14-16-28(17-15-20)25(30)21-8-6-19(7-9-21)18-4-2-1-3-5-18/h1-13,20H,14-17H2,(H,27,29). The first-order valence-electron chi connectivity index (χ1n) is 10.1. The first kappa shape index (κ1) is 19.8. The number of likely N-dealkylation sites (tertiary alicyclic amines) is 1. The zero-order valence-corrected chi connectivity index (χ0v) is 16.6. The summed E-state index contributed by atoms with van der Waals surface area (Å²) in [5.74, 6) is -0.580. The van der Waals surface area contributed by atoms with E-state index in [2.05, 4.69) is 5.32 Å². The highest BCUT2D eigenvalue weighted by Gasteiger charge is 2.27. The lowest BCUT2D eigenvalue weighted by atomic mass is 9.95. The molecule has 30 heavy (non-hydrogen) atoms. The SMILES string of the molecule is O=C(Nc1ccc(F)cc1)C1CCN(C(=O)c2ccc(-c3ccccc3)cc2)CC1. The number of nitrogens with one attached hydrogen (secondary N) is 1. The second-order valence-electron chi connectivity index (χ2n) is 7.51. The van der Waals surface area contributed by atoms with Crippen LogP contribution in [0.15, 0.2) is 78.9 Å². The average Bonchev–Trinajstić information content (AvgIpc) is 2.81. The molecule has 1 fully saturated rings. The van der Waals surface area contributed by atoms with Gasteiger partial charge in [-0.2, -0.15) is 0 Å². The van der Waals surface area contributed by atoms with E-state index in [0.717, 1.165) is 11.1 Å². The summed E-state index contributed by atoms with van der Waals surface area (Å²) in [6.45, 7) is 1.08.